The lowest BCUT2D eigenvalue weighted by atomic mass is 10.1. The topological polar surface area (TPSA) is 39.7 Å². The van der Waals surface area contributed by atoms with E-state index in [4.69, 9.17) is 14.2 Å². The summed E-state index contributed by atoms with van der Waals surface area (Å²) in [7, 11) is 1.92. The first-order valence-corrected chi connectivity index (χ1v) is 8.37. The van der Waals surface area contributed by atoms with Crippen molar-refractivity contribution in [3.63, 3.8) is 0 Å². The van der Waals surface area contributed by atoms with Crippen LogP contribution in [0.5, 0.6) is 17.2 Å². The van der Waals surface area contributed by atoms with E-state index in [0.29, 0.717) is 13.2 Å². The molecule has 1 unspecified atom stereocenters. The summed E-state index contributed by atoms with van der Waals surface area (Å²) in [4.78, 5) is 0. The highest BCUT2D eigenvalue weighted by Gasteiger charge is 2.14. The zero-order valence-corrected chi connectivity index (χ0v) is 14.6. The van der Waals surface area contributed by atoms with Crippen molar-refractivity contribution in [2.45, 2.75) is 20.0 Å². The first kappa shape index (κ1) is 18.1. The van der Waals surface area contributed by atoms with Crippen molar-refractivity contribution in [3.05, 3.63) is 60.5 Å². The van der Waals surface area contributed by atoms with Gasteiger partial charge in [-0.25, -0.2) is 0 Å². The molecule has 0 heterocycles. The minimum atomic E-state index is -0.133. The van der Waals surface area contributed by atoms with Gasteiger partial charge in [-0.15, -0.1) is 0 Å². The Morgan fingerprint density at radius 2 is 1.33 bits per heavy atom. The molecule has 4 nitrogen and oxygen atoms in total. The van der Waals surface area contributed by atoms with E-state index in [0.717, 1.165) is 29.4 Å². The van der Waals surface area contributed by atoms with Gasteiger partial charge in [0.1, 0.15) is 23.4 Å². The Hall–Kier alpha value is -2.20. The van der Waals surface area contributed by atoms with Crippen LogP contribution in [0.15, 0.2) is 48.5 Å². The molecule has 0 aliphatic carbocycles. The van der Waals surface area contributed by atoms with Crippen LogP contribution >= 0.6 is 0 Å². The molecule has 2 aromatic carbocycles. The number of hydrogen-bond acceptors (Lipinski definition) is 4. The molecular weight excluding hydrogens is 302 g/mol. The molecule has 2 aromatic rings. The van der Waals surface area contributed by atoms with Crippen LogP contribution in [-0.4, -0.2) is 26.8 Å². The van der Waals surface area contributed by atoms with Crippen LogP contribution in [0, 0.1) is 6.42 Å². The lowest BCUT2D eigenvalue weighted by Gasteiger charge is -2.20. The third kappa shape index (κ3) is 5.46. The molecule has 129 valence electrons. The van der Waals surface area contributed by atoms with Crippen molar-refractivity contribution < 1.29 is 14.2 Å². The summed E-state index contributed by atoms with van der Waals surface area (Å²) in [6.45, 7) is 6.03. The standard InChI is InChI=1S/C20H26NO3/c1-4-22-17-8-6-16(7-9-17)20(14-15-21-3)24-19-12-10-18(11-13-19)23-5-2/h6-14,20-21H,4-5,15H2,1-3H3. The Morgan fingerprint density at radius 1 is 0.833 bits per heavy atom. The monoisotopic (exact) mass is 328 g/mol. The summed E-state index contributed by atoms with van der Waals surface area (Å²) in [5.41, 5.74) is 1.09. The SMILES string of the molecule is CCOc1ccc(OC([CH]CNC)c2ccc(OCC)cc2)cc1. The molecule has 0 fully saturated rings. The second-order valence-electron chi connectivity index (χ2n) is 5.24. The van der Waals surface area contributed by atoms with Gasteiger partial charge in [-0.2, -0.15) is 0 Å². The quantitative estimate of drug-likeness (QED) is 0.715. The van der Waals surface area contributed by atoms with Crippen molar-refractivity contribution in [2.75, 3.05) is 26.8 Å². The number of benzene rings is 2. The minimum absolute atomic E-state index is 0.133. The molecule has 0 bridgehead atoms. The average Bonchev–Trinajstić information content (AvgIpc) is 2.61. The maximum absolute atomic E-state index is 6.14. The molecule has 2 rings (SSSR count). The fraction of sp³-hybridized carbons (Fsp3) is 0.350. The normalized spacial score (nSPS) is 11.8. The van der Waals surface area contributed by atoms with Gasteiger partial charge in [0.2, 0.25) is 0 Å². The molecule has 0 spiro atoms. The zero-order chi connectivity index (χ0) is 17.2. The summed E-state index contributed by atoms with van der Waals surface area (Å²) < 4.78 is 17.1. The molecule has 1 atom stereocenters. The first-order chi connectivity index (χ1) is 11.8. The van der Waals surface area contributed by atoms with E-state index < -0.39 is 0 Å². The summed E-state index contributed by atoms with van der Waals surface area (Å²) in [6.07, 6.45) is 1.97. The third-order valence-corrected chi connectivity index (χ3v) is 3.45. The van der Waals surface area contributed by atoms with Gasteiger partial charge in [-0.05, 0) is 62.9 Å². The van der Waals surface area contributed by atoms with Crippen LogP contribution in [-0.2, 0) is 0 Å². The second-order valence-corrected chi connectivity index (χ2v) is 5.24. The van der Waals surface area contributed by atoms with Gasteiger partial charge in [0, 0.05) is 13.0 Å². The van der Waals surface area contributed by atoms with Crippen LogP contribution in [0.1, 0.15) is 25.5 Å². The van der Waals surface area contributed by atoms with Crippen molar-refractivity contribution in [2.24, 2.45) is 0 Å². The smallest absolute Gasteiger partial charge is 0.128 e. The predicted octanol–water partition coefficient (Wildman–Crippen LogP) is 4.03. The van der Waals surface area contributed by atoms with Crippen LogP contribution < -0.4 is 19.5 Å². The maximum Gasteiger partial charge on any atom is 0.128 e. The van der Waals surface area contributed by atoms with E-state index in [2.05, 4.69) is 11.7 Å². The van der Waals surface area contributed by atoms with Gasteiger partial charge < -0.3 is 19.5 Å². The van der Waals surface area contributed by atoms with Crippen molar-refractivity contribution in [3.8, 4) is 17.2 Å². The van der Waals surface area contributed by atoms with Gasteiger partial charge in [-0.3, -0.25) is 0 Å². The van der Waals surface area contributed by atoms with Crippen LogP contribution in [0.2, 0.25) is 0 Å². The van der Waals surface area contributed by atoms with Crippen LogP contribution in [0.25, 0.3) is 0 Å². The van der Waals surface area contributed by atoms with Crippen molar-refractivity contribution >= 4 is 0 Å². The largest absolute Gasteiger partial charge is 0.494 e. The summed E-state index contributed by atoms with van der Waals surface area (Å²) in [6, 6.07) is 15.7. The van der Waals surface area contributed by atoms with E-state index >= 15 is 0 Å². The van der Waals surface area contributed by atoms with E-state index in [1.807, 2.05) is 69.4 Å². The highest BCUT2D eigenvalue weighted by molar-refractivity contribution is 5.34. The first-order valence-electron chi connectivity index (χ1n) is 8.37. The van der Waals surface area contributed by atoms with E-state index in [1.54, 1.807) is 0 Å². The van der Waals surface area contributed by atoms with E-state index in [-0.39, 0.29) is 6.10 Å². The zero-order valence-electron chi connectivity index (χ0n) is 14.6. The van der Waals surface area contributed by atoms with Gasteiger partial charge in [0.15, 0.2) is 0 Å². The number of ether oxygens (including phenoxy) is 3. The molecule has 0 aliphatic rings. The Bertz CT molecular complexity index is 581. The molecule has 0 saturated heterocycles. The number of nitrogens with one attached hydrogen (secondary N) is 1. The molecule has 1 N–H and O–H groups in total. The summed E-state index contributed by atoms with van der Waals surface area (Å²) in [5, 5.41) is 3.13. The maximum atomic E-state index is 6.14. The van der Waals surface area contributed by atoms with Crippen LogP contribution in [0.3, 0.4) is 0 Å². The van der Waals surface area contributed by atoms with E-state index in [9.17, 15) is 0 Å². The van der Waals surface area contributed by atoms with Gasteiger partial charge in [0.25, 0.3) is 0 Å². The Kier molecular flexibility index (Phi) is 7.43. The summed E-state index contributed by atoms with van der Waals surface area (Å²) in [5.74, 6) is 2.53. The van der Waals surface area contributed by atoms with Crippen LogP contribution in [0.4, 0.5) is 0 Å². The fourth-order valence-electron chi connectivity index (χ4n) is 2.33. The van der Waals surface area contributed by atoms with E-state index in [1.165, 1.54) is 0 Å². The van der Waals surface area contributed by atoms with Crippen molar-refractivity contribution in [1.82, 2.24) is 5.32 Å². The molecule has 0 aromatic heterocycles. The molecule has 0 saturated carbocycles. The fourth-order valence-corrected chi connectivity index (χ4v) is 2.33. The highest BCUT2D eigenvalue weighted by Crippen LogP contribution is 2.27. The van der Waals surface area contributed by atoms with Gasteiger partial charge >= 0.3 is 0 Å². The Labute approximate surface area is 144 Å². The second kappa shape index (κ2) is 9.83. The lowest BCUT2D eigenvalue weighted by molar-refractivity contribution is 0.235. The van der Waals surface area contributed by atoms with Gasteiger partial charge in [-0.1, -0.05) is 12.1 Å². The van der Waals surface area contributed by atoms with Crippen molar-refractivity contribution in [1.29, 1.82) is 0 Å². The van der Waals surface area contributed by atoms with Gasteiger partial charge in [0.05, 0.1) is 13.2 Å². The molecule has 24 heavy (non-hydrogen) atoms. The predicted molar refractivity (Wildman–Crippen MR) is 96.8 cm³/mol. The molecule has 0 amide bonds. The third-order valence-electron chi connectivity index (χ3n) is 3.45. The molecule has 0 aliphatic heterocycles. The molecule has 4 heteroatoms. The number of hydrogen-bond donors (Lipinski definition) is 1. The molecule has 1 radical (unpaired) electrons. The minimum Gasteiger partial charge on any atom is -0.494 e. The lowest BCUT2D eigenvalue weighted by Crippen LogP contribution is -2.17. The Morgan fingerprint density at radius 3 is 1.83 bits per heavy atom. The summed E-state index contributed by atoms with van der Waals surface area (Å²) >= 11 is 0. The number of rotatable bonds is 10. The average molecular weight is 328 g/mol. The Balaban J connectivity index is 2.09. The molecular formula is C20H26NO3. The highest BCUT2D eigenvalue weighted by atomic mass is 16.5.